The fourth-order valence-corrected chi connectivity index (χ4v) is 1.95. The van der Waals surface area contributed by atoms with Crippen molar-refractivity contribution in [1.82, 2.24) is 0 Å². The summed E-state index contributed by atoms with van der Waals surface area (Å²) in [7, 11) is 4.52. The van der Waals surface area contributed by atoms with Gasteiger partial charge in [-0.05, 0) is 13.8 Å². The van der Waals surface area contributed by atoms with Crippen molar-refractivity contribution < 1.29 is 9.22 Å². The van der Waals surface area contributed by atoms with Gasteiger partial charge in [0.1, 0.15) is 25.3 Å². The highest BCUT2D eigenvalue weighted by molar-refractivity contribution is 4.60. The first kappa shape index (κ1) is 8.02. The average molecular weight is 144 g/mol. The smallest absolute Gasteiger partial charge is 0.105 e. The van der Waals surface area contributed by atoms with Gasteiger partial charge in [-0.15, -0.1) is 0 Å². The van der Waals surface area contributed by atoms with E-state index in [1.165, 1.54) is 0 Å². The molecule has 1 aliphatic rings. The lowest BCUT2D eigenvalue weighted by molar-refractivity contribution is -0.905. The standard InChI is InChI=1S/C8H18NO/c1-7-5-9(3,4)6-8(2)10-7/h7-8H,5-6H2,1-4H3/q+1. The Morgan fingerprint density at radius 1 is 1.10 bits per heavy atom. The van der Waals surface area contributed by atoms with Crippen molar-refractivity contribution in [3.8, 4) is 0 Å². The molecule has 1 saturated heterocycles. The Bertz CT molecular complexity index is 110. The molecule has 2 atom stereocenters. The Labute approximate surface area is 63.4 Å². The second-order valence-corrected chi connectivity index (χ2v) is 4.06. The minimum Gasteiger partial charge on any atom is -0.364 e. The Morgan fingerprint density at radius 2 is 1.50 bits per heavy atom. The number of rotatable bonds is 0. The van der Waals surface area contributed by atoms with Gasteiger partial charge in [-0.25, -0.2) is 0 Å². The van der Waals surface area contributed by atoms with Gasteiger partial charge in [0.2, 0.25) is 0 Å². The van der Waals surface area contributed by atoms with Crippen LogP contribution in [0.4, 0.5) is 0 Å². The molecule has 2 unspecified atom stereocenters. The monoisotopic (exact) mass is 144 g/mol. The highest BCUT2D eigenvalue weighted by atomic mass is 16.5. The van der Waals surface area contributed by atoms with E-state index >= 15 is 0 Å². The first-order valence-electron chi connectivity index (χ1n) is 3.97. The molecule has 10 heavy (non-hydrogen) atoms. The largest absolute Gasteiger partial charge is 0.364 e. The lowest BCUT2D eigenvalue weighted by atomic mass is 10.2. The Balaban J connectivity index is 2.51. The highest BCUT2D eigenvalue weighted by Gasteiger charge is 2.29. The minimum atomic E-state index is 0.429. The number of quaternary nitrogens is 1. The molecule has 1 aliphatic heterocycles. The maximum absolute atomic E-state index is 5.61. The SMILES string of the molecule is CC1C[N+](C)(C)CC(C)O1. The summed E-state index contributed by atoms with van der Waals surface area (Å²) < 4.78 is 6.71. The van der Waals surface area contributed by atoms with Crippen molar-refractivity contribution in [2.45, 2.75) is 26.1 Å². The number of morpholine rings is 1. The molecule has 0 N–H and O–H groups in total. The molecule has 0 aromatic heterocycles. The topological polar surface area (TPSA) is 9.23 Å². The second kappa shape index (κ2) is 2.51. The van der Waals surface area contributed by atoms with Crippen LogP contribution in [0.5, 0.6) is 0 Å². The molecule has 0 saturated carbocycles. The summed E-state index contributed by atoms with van der Waals surface area (Å²) in [4.78, 5) is 0. The van der Waals surface area contributed by atoms with Crippen LogP contribution in [-0.4, -0.2) is 43.9 Å². The summed E-state index contributed by atoms with van der Waals surface area (Å²) >= 11 is 0. The molecule has 2 heteroatoms. The van der Waals surface area contributed by atoms with E-state index in [9.17, 15) is 0 Å². The van der Waals surface area contributed by atoms with Crippen LogP contribution in [0, 0.1) is 0 Å². The predicted molar refractivity (Wildman–Crippen MR) is 41.9 cm³/mol. The molecule has 60 valence electrons. The summed E-state index contributed by atoms with van der Waals surface area (Å²) in [5.41, 5.74) is 0. The minimum absolute atomic E-state index is 0.429. The van der Waals surface area contributed by atoms with Crippen LogP contribution >= 0.6 is 0 Å². The van der Waals surface area contributed by atoms with Gasteiger partial charge in [0.05, 0.1) is 14.1 Å². The summed E-state index contributed by atoms with van der Waals surface area (Å²) in [6.07, 6.45) is 0.859. The average Bonchev–Trinajstić information content (AvgIpc) is 1.54. The van der Waals surface area contributed by atoms with E-state index in [-0.39, 0.29) is 0 Å². The van der Waals surface area contributed by atoms with Gasteiger partial charge in [-0.1, -0.05) is 0 Å². The van der Waals surface area contributed by atoms with E-state index in [2.05, 4.69) is 27.9 Å². The van der Waals surface area contributed by atoms with E-state index in [0.29, 0.717) is 12.2 Å². The molecule has 1 heterocycles. The maximum Gasteiger partial charge on any atom is 0.105 e. The number of nitrogens with zero attached hydrogens (tertiary/aromatic N) is 1. The van der Waals surface area contributed by atoms with Crippen LogP contribution in [0.3, 0.4) is 0 Å². The third kappa shape index (κ3) is 1.96. The lowest BCUT2D eigenvalue weighted by Gasteiger charge is -2.39. The predicted octanol–water partition coefficient (Wildman–Crippen LogP) is 0.870. The summed E-state index contributed by atoms with van der Waals surface area (Å²) in [6, 6.07) is 0. The molecule has 0 aromatic carbocycles. The summed E-state index contributed by atoms with van der Waals surface area (Å²) in [5.74, 6) is 0. The number of hydrogen-bond acceptors (Lipinski definition) is 1. The Morgan fingerprint density at radius 3 is 1.80 bits per heavy atom. The number of hydrogen-bond donors (Lipinski definition) is 0. The molecule has 0 spiro atoms. The fraction of sp³-hybridized carbons (Fsp3) is 1.00. The maximum atomic E-state index is 5.61. The first-order valence-corrected chi connectivity index (χ1v) is 3.97. The molecule has 0 aliphatic carbocycles. The zero-order chi connectivity index (χ0) is 7.78. The van der Waals surface area contributed by atoms with Gasteiger partial charge in [0, 0.05) is 0 Å². The molecule has 0 bridgehead atoms. The quantitative estimate of drug-likeness (QED) is 0.458. The molecule has 0 radical (unpaired) electrons. The van der Waals surface area contributed by atoms with Gasteiger partial charge >= 0.3 is 0 Å². The van der Waals surface area contributed by atoms with Crippen molar-refractivity contribution in [1.29, 1.82) is 0 Å². The van der Waals surface area contributed by atoms with Gasteiger partial charge < -0.3 is 9.22 Å². The van der Waals surface area contributed by atoms with Crippen LogP contribution in [0.15, 0.2) is 0 Å². The molecule has 1 rings (SSSR count). The van der Waals surface area contributed by atoms with E-state index in [4.69, 9.17) is 4.74 Å². The fourth-order valence-electron chi connectivity index (χ4n) is 1.95. The third-order valence-corrected chi connectivity index (χ3v) is 1.97. The lowest BCUT2D eigenvalue weighted by Crippen LogP contribution is -2.54. The zero-order valence-electron chi connectivity index (χ0n) is 7.42. The van der Waals surface area contributed by atoms with Gasteiger partial charge in [0.25, 0.3) is 0 Å². The highest BCUT2D eigenvalue weighted by Crippen LogP contribution is 2.13. The van der Waals surface area contributed by atoms with Gasteiger partial charge in [-0.2, -0.15) is 0 Å². The Kier molecular flexibility index (Phi) is 2.02. The van der Waals surface area contributed by atoms with Crippen LogP contribution in [0.25, 0.3) is 0 Å². The Hall–Kier alpha value is -0.0800. The van der Waals surface area contributed by atoms with E-state index in [0.717, 1.165) is 17.6 Å². The van der Waals surface area contributed by atoms with Crippen molar-refractivity contribution in [2.24, 2.45) is 0 Å². The molecule has 1 fully saturated rings. The van der Waals surface area contributed by atoms with Crippen molar-refractivity contribution in [2.75, 3.05) is 27.2 Å². The normalized spacial score (nSPS) is 39.6. The van der Waals surface area contributed by atoms with Crippen LogP contribution in [0.1, 0.15) is 13.8 Å². The van der Waals surface area contributed by atoms with Crippen LogP contribution < -0.4 is 0 Å². The van der Waals surface area contributed by atoms with Crippen molar-refractivity contribution >= 4 is 0 Å². The summed E-state index contributed by atoms with van der Waals surface area (Å²) in [6.45, 7) is 6.58. The molecular weight excluding hydrogens is 126 g/mol. The first-order chi connectivity index (χ1) is 4.49. The molecule has 2 nitrogen and oxygen atoms in total. The zero-order valence-corrected chi connectivity index (χ0v) is 7.42. The number of likely N-dealkylation sites (N-methyl/N-ethyl adjacent to an activating group) is 1. The van der Waals surface area contributed by atoms with Crippen molar-refractivity contribution in [3.63, 3.8) is 0 Å². The summed E-state index contributed by atoms with van der Waals surface area (Å²) in [5, 5.41) is 0. The van der Waals surface area contributed by atoms with Gasteiger partial charge in [-0.3, -0.25) is 0 Å². The van der Waals surface area contributed by atoms with E-state index < -0.39 is 0 Å². The molecule has 0 aromatic rings. The molecule has 0 amide bonds. The number of ether oxygens (including phenoxy) is 1. The van der Waals surface area contributed by atoms with Crippen LogP contribution in [0.2, 0.25) is 0 Å². The molecular formula is C8H18NO+. The van der Waals surface area contributed by atoms with E-state index in [1.54, 1.807) is 0 Å². The van der Waals surface area contributed by atoms with E-state index in [1.807, 2.05) is 0 Å². The third-order valence-electron chi connectivity index (χ3n) is 1.97. The van der Waals surface area contributed by atoms with Crippen LogP contribution in [-0.2, 0) is 4.74 Å². The van der Waals surface area contributed by atoms with Crippen molar-refractivity contribution in [3.05, 3.63) is 0 Å². The van der Waals surface area contributed by atoms with Gasteiger partial charge in [0.15, 0.2) is 0 Å². The second-order valence-electron chi connectivity index (χ2n) is 4.06.